The van der Waals surface area contributed by atoms with E-state index in [1.165, 1.54) is 7.11 Å². The second kappa shape index (κ2) is 9.21. The topological polar surface area (TPSA) is 115 Å². The van der Waals surface area contributed by atoms with Crippen LogP contribution in [0.4, 0.5) is 5.82 Å². The number of pyridine rings is 1. The highest BCUT2D eigenvalue weighted by atomic mass is 16.5. The number of anilines is 1. The third-order valence-electron chi connectivity index (χ3n) is 6.01. The van der Waals surface area contributed by atoms with Crippen molar-refractivity contribution in [2.45, 2.75) is 19.8 Å². The van der Waals surface area contributed by atoms with Gasteiger partial charge in [-0.1, -0.05) is 31.1 Å². The molecule has 3 aromatic heterocycles. The van der Waals surface area contributed by atoms with Crippen LogP contribution in [-0.4, -0.2) is 59.2 Å². The van der Waals surface area contributed by atoms with Crippen molar-refractivity contribution in [3.8, 4) is 17.1 Å². The van der Waals surface area contributed by atoms with Crippen molar-refractivity contribution in [2.75, 3.05) is 38.2 Å². The van der Waals surface area contributed by atoms with Gasteiger partial charge in [-0.3, -0.25) is 4.79 Å². The van der Waals surface area contributed by atoms with Gasteiger partial charge in [0.2, 0.25) is 11.7 Å². The Balaban J connectivity index is 1.27. The van der Waals surface area contributed by atoms with E-state index in [9.17, 15) is 9.59 Å². The number of nitrogens with zero attached hydrogens (tertiary/aromatic N) is 5. The lowest BCUT2D eigenvalue weighted by Gasteiger charge is -2.35. The first-order valence-corrected chi connectivity index (χ1v) is 11.4. The number of ether oxygens (including phenoxy) is 1. The molecule has 4 heterocycles. The molecule has 10 nitrogen and oxygen atoms in total. The number of hydrogen-bond acceptors (Lipinski definition) is 9. The van der Waals surface area contributed by atoms with Crippen LogP contribution in [0, 0.1) is 0 Å². The first kappa shape index (κ1) is 22.6. The van der Waals surface area contributed by atoms with Crippen LogP contribution in [0.5, 0.6) is 5.75 Å². The summed E-state index contributed by atoms with van der Waals surface area (Å²) in [6, 6.07) is 10.7. The average Bonchev–Trinajstić information content (AvgIpc) is 3.39. The Hall–Kier alpha value is -4.21. The van der Waals surface area contributed by atoms with E-state index in [1.54, 1.807) is 35.4 Å². The number of aromatic nitrogens is 3. The van der Waals surface area contributed by atoms with Crippen LogP contribution < -0.4 is 15.3 Å². The number of benzene rings is 1. The molecular weight excluding hydrogens is 450 g/mol. The first-order chi connectivity index (χ1) is 16.9. The molecule has 0 radical (unpaired) electrons. The Morgan fingerprint density at radius 2 is 1.91 bits per heavy atom. The maximum atomic E-state index is 13.1. The summed E-state index contributed by atoms with van der Waals surface area (Å²) in [7, 11) is 1.50. The van der Waals surface area contributed by atoms with E-state index >= 15 is 0 Å². The fourth-order valence-corrected chi connectivity index (χ4v) is 4.03. The van der Waals surface area contributed by atoms with E-state index in [2.05, 4.69) is 20.0 Å². The average molecular weight is 476 g/mol. The zero-order valence-corrected chi connectivity index (χ0v) is 19.7. The van der Waals surface area contributed by atoms with E-state index in [1.807, 2.05) is 26.0 Å². The summed E-state index contributed by atoms with van der Waals surface area (Å²) < 4.78 is 15.9. The fourth-order valence-electron chi connectivity index (χ4n) is 4.03. The molecule has 1 aliphatic rings. The van der Waals surface area contributed by atoms with E-state index in [-0.39, 0.29) is 17.4 Å². The van der Waals surface area contributed by atoms with Crippen LogP contribution in [0.15, 0.2) is 56.3 Å². The Morgan fingerprint density at radius 3 is 2.57 bits per heavy atom. The summed E-state index contributed by atoms with van der Waals surface area (Å²) in [5.74, 6) is 2.16. The molecule has 0 bridgehead atoms. The van der Waals surface area contributed by atoms with Crippen LogP contribution in [0.1, 0.15) is 36.0 Å². The standard InChI is InChI=1S/C25H25N5O5/c1-15(2)23-27-22(28-35-23)17-7-8-20(26-14-17)29-9-11-30(12-10-29)24(31)18-13-16-5-4-6-19(33-3)21(16)34-25(18)32/h4-8,13-15H,9-12H2,1-3H3. The molecule has 1 amide bonds. The molecular formula is C25H25N5O5. The van der Waals surface area contributed by atoms with Crippen molar-refractivity contribution in [3.05, 3.63) is 64.5 Å². The Morgan fingerprint density at radius 1 is 1.11 bits per heavy atom. The van der Waals surface area contributed by atoms with Crippen LogP contribution in [0.2, 0.25) is 0 Å². The van der Waals surface area contributed by atoms with E-state index in [4.69, 9.17) is 13.7 Å². The lowest BCUT2D eigenvalue weighted by atomic mass is 10.1. The minimum Gasteiger partial charge on any atom is -0.493 e. The quantitative estimate of drug-likeness (QED) is 0.401. The van der Waals surface area contributed by atoms with Gasteiger partial charge in [0.25, 0.3) is 5.91 Å². The van der Waals surface area contributed by atoms with Crippen molar-refractivity contribution in [1.29, 1.82) is 0 Å². The van der Waals surface area contributed by atoms with Crippen LogP contribution in [0.3, 0.4) is 0 Å². The van der Waals surface area contributed by atoms with Crippen molar-refractivity contribution >= 4 is 22.7 Å². The lowest BCUT2D eigenvalue weighted by molar-refractivity contribution is 0.0742. The molecule has 10 heteroatoms. The number of hydrogen-bond donors (Lipinski definition) is 0. The van der Waals surface area contributed by atoms with Crippen molar-refractivity contribution < 1.29 is 18.5 Å². The molecule has 0 unspecified atom stereocenters. The van der Waals surface area contributed by atoms with Crippen LogP contribution in [0.25, 0.3) is 22.4 Å². The van der Waals surface area contributed by atoms with Crippen LogP contribution >= 0.6 is 0 Å². The number of amides is 1. The summed E-state index contributed by atoms with van der Waals surface area (Å²) in [6.07, 6.45) is 1.72. The van der Waals surface area contributed by atoms with Gasteiger partial charge >= 0.3 is 5.63 Å². The highest BCUT2D eigenvalue weighted by molar-refractivity contribution is 5.97. The molecule has 35 heavy (non-hydrogen) atoms. The third kappa shape index (κ3) is 4.34. The highest BCUT2D eigenvalue weighted by Crippen LogP contribution is 2.25. The molecule has 0 N–H and O–H groups in total. The molecule has 0 atom stereocenters. The normalized spacial score (nSPS) is 14.1. The smallest absolute Gasteiger partial charge is 0.349 e. The fraction of sp³-hybridized carbons (Fsp3) is 0.320. The number of methoxy groups -OCH3 is 1. The maximum absolute atomic E-state index is 13.1. The van der Waals surface area contributed by atoms with Gasteiger partial charge in [0.05, 0.1) is 7.11 Å². The second-order valence-corrected chi connectivity index (χ2v) is 8.62. The predicted octanol–water partition coefficient (Wildman–Crippen LogP) is 3.33. The molecule has 1 aromatic carbocycles. The molecule has 180 valence electrons. The number of para-hydroxylation sites is 1. The number of fused-ring (bicyclic) bond motifs is 1. The van der Waals surface area contributed by atoms with E-state index in [0.717, 1.165) is 11.4 Å². The van der Waals surface area contributed by atoms with Crippen LogP contribution in [-0.2, 0) is 0 Å². The molecule has 0 spiro atoms. The monoisotopic (exact) mass is 475 g/mol. The maximum Gasteiger partial charge on any atom is 0.349 e. The summed E-state index contributed by atoms with van der Waals surface area (Å²) >= 11 is 0. The molecule has 0 aliphatic carbocycles. The summed E-state index contributed by atoms with van der Waals surface area (Å²) in [6.45, 7) is 6.08. The third-order valence-corrected chi connectivity index (χ3v) is 6.01. The zero-order valence-electron chi connectivity index (χ0n) is 19.7. The van der Waals surface area contributed by atoms with Gasteiger partial charge in [-0.25, -0.2) is 9.78 Å². The highest BCUT2D eigenvalue weighted by Gasteiger charge is 2.26. The van der Waals surface area contributed by atoms with Gasteiger partial charge in [0, 0.05) is 49.2 Å². The molecule has 1 saturated heterocycles. The molecule has 1 aliphatic heterocycles. The van der Waals surface area contributed by atoms with Gasteiger partial charge in [-0.05, 0) is 24.3 Å². The largest absolute Gasteiger partial charge is 0.493 e. The molecule has 5 rings (SSSR count). The number of carbonyl (C=O) groups excluding carboxylic acids is 1. The minimum atomic E-state index is -0.672. The Kier molecular flexibility index (Phi) is 5.94. The summed E-state index contributed by atoms with van der Waals surface area (Å²) in [5.41, 5.74) is 0.450. The van der Waals surface area contributed by atoms with Gasteiger partial charge in [-0.15, -0.1) is 0 Å². The van der Waals surface area contributed by atoms with Gasteiger partial charge in [-0.2, -0.15) is 4.98 Å². The molecule has 4 aromatic rings. The first-order valence-electron chi connectivity index (χ1n) is 11.4. The van der Waals surface area contributed by atoms with Gasteiger partial charge in [0.15, 0.2) is 11.3 Å². The zero-order chi connectivity index (χ0) is 24.5. The number of piperazine rings is 1. The summed E-state index contributed by atoms with van der Waals surface area (Å²) in [5, 5.41) is 4.66. The van der Waals surface area contributed by atoms with Gasteiger partial charge in [0.1, 0.15) is 11.4 Å². The molecule has 0 saturated carbocycles. The second-order valence-electron chi connectivity index (χ2n) is 8.62. The number of rotatable bonds is 5. The van der Waals surface area contributed by atoms with Gasteiger partial charge < -0.3 is 23.5 Å². The Bertz CT molecular complexity index is 1420. The van der Waals surface area contributed by atoms with Crippen molar-refractivity contribution in [1.82, 2.24) is 20.0 Å². The SMILES string of the molecule is COc1cccc2cc(C(=O)N3CCN(c4ccc(-c5noc(C(C)C)n5)cn4)CC3)c(=O)oc12. The van der Waals surface area contributed by atoms with E-state index < -0.39 is 5.63 Å². The van der Waals surface area contributed by atoms with Crippen molar-refractivity contribution in [2.24, 2.45) is 0 Å². The van der Waals surface area contributed by atoms with Crippen molar-refractivity contribution in [3.63, 3.8) is 0 Å². The lowest BCUT2D eigenvalue weighted by Crippen LogP contribution is -2.49. The van der Waals surface area contributed by atoms with E-state index in [0.29, 0.717) is 54.6 Å². The molecule has 1 fully saturated rings. The minimum absolute atomic E-state index is 0.0163. The Labute approximate surface area is 201 Å². The predicted molar refractivity (Wildman–Crippen MR) is 129 cm³/mol. The summed E-state index contributed by atoms with van der Waals surface area (Å²) in [4.78, 5) is 38.3. The number of carbonyl (C=O) groups is 1.